The molecule has 0 aromatic rings. The molecule has 0 N–H and O–H groups in total. The van der Waals surface area contributed by atoms with Crippen LogP contribution in [0, 0.1) is 10.8 Å². The van der Waals surface area contributed by atoms with Crippen LogP contribution in [0.4, 0.5) is 0 Å². The molecule has 2 nitrogen and oxygen atoms in total. The van der Waals surface area contributed by atoms with Crippen molar-refractivity contribution in [3.63, 3.8) is 0 Å². The van der Waals surface area contributed by atoms with Gasteiger partial charge in [-0.05, 0) is 0 Å². The fourth-order valence-electron chi connectivity index (χ4n) is 3.13. The van der Waals surface area contributed by atoms with Crippen LogP contribution in [0.15, 0.2) is 47.1 Å². The maximum absolute atomic E-state index is 4.50. The molecular formula is C16H22Li2N2. The number of hydrogen-bond donors (Lipinski definition) is 0. The van der Waals surface area contributed by atoms with Gasteiger partial charge in [0.25, 0.3) is 0 Å². The third-order valence-electron chi connectivity index (χ3n) is 3.90. The number of hydrogen-bond acceptors (Lipinski definition) is 0. The van der Waals surface area contributed by atoms with Crippen molar-refractivity contribution in [1.29, 1.82) is 0 Å². The SMILES string of the molecule is CC1=CC(C)(C2(C)C=C(C)[N-]C(C)=C2)C=C(C)[N-]1.[Li+].[Li+]. The average Bonchev–Trinajstić information content (AvgIpc) is 2.11. The molecule has 0 fully saturated rings. The molecule has 20 heavy (non-hydrogen) atoms. The van der Waals surface area contributed by atoms with Crippen molar-refractivity contribution in [3.05, 3.63) is 57.7 Å². The first kappa shape index (κ1) is 19.8. The quantitative estimate of drug-likeness (QED) is 0.560. The molecule has 2 aliphatic heterocycles. The Balaban J connectivity index is 0.00000180. The standard InChI is InChI=1S/C16H22N2.2Li/c1-11-7-15(5,8-12(2)17-11)16(6)9-13(3)18-14(4)10-16;;/h7-10H,1-6H3;;/q-2;2*+1. The Kier molecular flexibility index (Phi) is 6.60. The first-order valence-corrected chi connectivity index (χ1v) is 6.45. The van der Waals surface area contributed by atoms with Gasteiger partial charge in [-0.2, -0.15) is 22.8 Å². The van der Waals surface area contributed by atoms with E-state index in [9.17, 15) is 0 Å². The molecule has 0 saturated carbocycles. The molecule has 0 saturated heterocycles. The van der Waals surface area contributed by atoms with Crippen molar-refractivity contribution < 1.29 is 37.7 Å². The summed E-state index contributed by atoms with van der Waals surface area (Å²) in [6.45, 7) is 12.8. The first-order valence-electron chi connectivity index (χ1n) is 6.45. The molecule has 2 heterocycles. The molecule has 4 heteroatoms. The van der Waals surface area contributed by atoms with E-state index < -0.39 is 0 Å². The Morgan fingerprint density at radius 3 is 1.00 bits per heavy atom. The van der Waals surface area contributed by atoms with Crippen LogP contribution in [0.2, 0.25) is 0 Å². The maximum atomic E-state index is 4.50. The van der Waals surface area contributed by atoms with Crippen LogP contribution in [0.5, 0.6) is 0 Å². The number of allylic oxidation sites excluding steroid dienone is 8. The van der Waals surface area contributed by atoms with Gasteiger partial charge in [0.05, 0.1) is 0 Å². The second-order valence-electron chi connectivity index (χ2n) is 5.93. The van der Waals surface area contributed by atoms with Crippen LogP contribution in [0.1, 0.15) is 41.5 Å². The minimum Gasteiger partial charge on any atom is -0.666 e. The van der Waals surface area contributed by atoms with Crippen LogP contribution in [0.25, 0.3) is 10.6 Å². The summed E-state index contributed by atoms with van der Waals surface area (Å²) in [6, 6.07) is 0. The maximum Gasteiger partial charge on any atom is 1.00 e. The van der Waals surface area contributed by atoms with Gasteiger partial charge in [0.1, 0.15) is 0 Å². The Labute approximate surface area is 147 Å². The van der Waals surface area contributed by atoms with E-state index in [2.05, 4.69) is 76.5 Å². The second kappa shape index (κ2) is 6.68. The largest absolute Gasteiger partial charge is 1.00 e. The van der Waals surface area contributed by atoms with Crippen molar-refractivity contribution in [3.8, 4) is 0 Å². The van der Waals surface area contributed by atoms with Crippen molar-refractivity contribution >= 4 is 0 Å². The summed E-state index contributed by atoms with van der Waals surface area (Å²) in [6.07, 6.45) is 9.05. The summed E-state index contributed by atoms with van der Waals surface area (Å²) in [5.41, 5.74) is 4.30. The molecule has 0 unspecified atom stereocenters. The second-order valence-corrected chi connectivity index (χ2v) is 5.93. The third kappa shape index (κ3) is 3.69. The van der Waals surface area contributed by atoms with Crippen molar-refractivity contribution in [2.24, 2.45) is 10.8 Å². The average molecular weight is 256 g/mol. The molecular weight excluding hydrogens is 234 g/mol. The van der Waals surface area contributed by atoms with Gasteiger partial charge in [-0.1, -0.05) is 65.8 Å². The van der Waals surface area contributed by atoms with Crippen molar-refractivity contribution in [1.82, 2.24) is 0 Å². The first-order chi connectivity index (χ1) is 8.24. The Bertz CT molecular complexity index is 417. The molecule has 0 amide bonds. The van der Waals surface area contributed by atoms with Gasteiger partial charge in [-0.25, -0.2) is 0 Å². The molecule has 0 aliphatic carbocycles. The Morgan fingerprint density at radius 2 is 0.800 bits per heavy atom. The van der Waals surface area contributed by atoms with E-state index in [0.29, 0.717) is 0 Å². The van der Waals surface area contributed by atoms with E-state index in [1.54, 1.807) is 0 Å². The van der Waals surface area contributed by atoms with Gasteiger partial charge in [-0.15, -0.1) is 0 Å². The van der Waals surface area contributed by atoms with Gasteiger partial charge >= 0.3 is 37.7 Å². The molecule has 0 radical (unpaired) electrons. The number of rotatable bonds is 1. The summed E-state index contributed by atoms with van der Waals surface area (Å²) < 4.78 is 0. The molecule has 2 aliphatic rings. The summed E-state index contributed by atoms with van der Waals surface area (Å²) >= 11 is 0. The molecule has 0 bridgehead atoms. The topological polar surface area (TPSA) is 28.2 Å². The summed E-state index contributed by atoms with van der Waals surface area (Å²) in [7, 11) is 0. The zero-order chi connectivity index (χ0) is 13.6. The van der Waals surface area contributed by atoms with Crippen molar-refractivity contribution in [2.45, 2.75) is 41.5 Å². The molecule has 0 atom stereocenters. The van der Waals surface area contributed by atoms with E-state index in [4.69, 9.17) is 0 Å². The summed E-state index contributed by atoms with van der Waals surface area (Å²) in [5, 5.41) is 9.00. The minimum atomic E-state index is -0.0403. The van der Waals surface area contributed by atoms with Crippen LogP contribution in [-0.2, 0) is 0 Å². The summed E-state index contributed by atoms with van der Waals surface area (Å²) in [5.74, 6) is 0. The molecule has 98 valence electrons. The van der Waals surface area contributed by atoms with Crippen LogP contribution < -0.4 is 37.7 Å². The zero-order valence-corrected chi connectivity index (χ0v) is 14.2. The van der Waals surface area contributed by atoms with Crippen LogP contribution in [0.3, 0.4) is 0 Å². The number of nitrogens with zero attached hydrogens (tertiary/aromatic N) is 2. The van der Waals surface area contributed by atoms with E-state index in [-0.39, 0.29) is 48.6 Å². The van der Waals surface area contributed by atoms with Crippen LogP contribution >= 0.6 is 0 Å². The Hall–Kier alpha value is -0.245. The van der Waals surface area contributed by atoms with E-state index in [1.807, 2.05) is 0 Å². The normalized spacial score (nSPS) is 22.5. The van der Waals surface area contributed by atoms with E-state index in [0.717, 1.165) is 22.8 Å². The van der Waals surface area contributed by atoms with E-state index in [1.165, 1.54) is 0 Å². The smallest absolute Gasteiger partial charge is 0.666 e. The predicted octanol–water partition coefficient (Wildman–Crippen LogP) is -0.603. The minimum absolute atomic E-state index is 0. The monoisotopic (exact) mass is 256 g/mol. The van der Waals surface area contributed by atoms with Gasteiger partial charge in [0.2, 0.25) is 0 Å². The molecule has 2 rings (SSSR count). The van der Waals surface area contributed by atoms with Gasteiger partial charge < -0.3 is 10.6 Å². The fourth-order valence-corrected chi connectivity index (χ4v) is 3.13. The molecule has 0 spiro atoms. The Morgan fingerprint density at radius 1 is 0.600 bits per heavy atom. The molecule has 0 aromatic carbocycles. The predicted molar refractivity (Wildman–Crippen MR) is 78.0 cm³/mol. The zero-order valence-electron chi connectivity index (χ0n) is 14.2. The fraction of sp³-hybridized carbons (Fsp3) is 0.500. The third-order valence-corrected chi connectivity index (χ3v) is 3.90. The van der Waals surface area contributed by atoms with Crippen LogP contribution in [-0.4, -0.2) is 0 Å². The molecule has 0 aromatic heterocycles. The van der Waals surface area contributed by atoms with Gasteiger partial charge in [0, 0.05) is 10.8 Å². The van der Waals surface area contributed by atoms with Gasteiger partial charge in [0.15, 0.2) is 0 Å². The van der Waals surface area contributed by atoms with E-state index >= 15 is 0 Å². The van der Waals surface area contributed by atoms with Gasteiger partial charge in [-0.3, -0.25) is 0 Å². The summed E-state index contributed by atoms with van der Waals surface area (Å²) in [4.78, 5) is 0. The van der Waals surface area contributed by atoms with Crippen molar-refractivity contribution in [2.75, 3.05) is 0 Å².